The maximum atomic E-state index is 13.5. The van der Waals surface area contributed by atoms with Gasteiger partial charge in [0, 0.05) is 43.3 Å². The van der Waals surface area contributed by atoms with Crippen LogP contribution in [0.5, 0.6) is 0 Å². The maximum Gasteiger partial charge on any atom is 0.435 e. The summed E-state index contributed by atoms with van der Waals surface area (Å²) in [5.74, 6) is 0.328. The molecule has 196 valence electrons. The Hall–Kier alpha value is -3.25. The summed E-state index contributed by atoms with van der Waals surface area (Å²) in [7, 11) is 0. The van der Waals surface area contributed by atoms with Gasteiger partial charge in [-0.05, 0) is 60.7 Å². The normalized spacial score (nSPS) is 17.2. The summed E-state index contributed by atoms with van der Waals surface area (Å²) in [5.41, 5.74) is 13.2. The highest BCUT2D eigenvalue weighted by molar-refractivity contribution is 6.03. The first-order valence-electron chi connectivity index (χ1n) is 12.4. The minimum atomic E-state index is -4.70. The molecule has 1 saturated heterocycles. The zero-order valence-electron chi connectivity index (χ0n) is 20.2. The molecule has 0 radical (unpaired) electrons. The van der Waals surface area contributed by atoms with Crippen LogP contribution in [0.4, 0.5) is 18.9 Å². The van der Waals surface area contributed by atoms with Crippen molar-refractivity contribution in [1.29, 1.82) is 0 Å². The zero-order chi connectivity index (χ0) is 26.0. The molecule has 2 aromatic carbocycles. The van der Waals surface area contributed by atoms with Gasteiger partial charge in [-0.2, -0.15) is 18.3 Å². The lowest BCUT2D eigenvalue weighted by atomic mass is 9.93. The predicted octanol–water partition coefficient (Wildman–Crippen LogP) is 3.37. The number of hydrogen-bond donors (Lipinski definition) is 5. The Bertz CT molecular complexity index is 1250. The summed E-state index contributed by atoms with van der Waals surface area (Å²) >= 11 is 0. The molecule has 1 aliphatic heterocycles. The molecule has 5 rings (SSSR count). The molecule has 2 fully saturated rings. The van der Waals surface area contributed by atoms with E-state index in [1.54, 1.807) is 30.3 Å². The van der Waals surface area contributed by atoms with Gasteiger partial charge in [-0.1, -0.05) is 24.3 Å². The average molecular weight is 514 g/mol. The third-order valence-electron chi connectivity index (χ3n) is 6.78. The molecule has 1 saturated carbocycles. The minimum Gasteiger partial charge on any atom is -0.326 e. The number of hydrogen-bond acceptors (Lipinski definition) is 6. The lowest BCUT2D eigenvalue weighted by Gasteiger charge is -2.25. The minimum absolute atomic E-state index is 0.0707. The van der Waals surface area contributed by atoms with Crippen LogP contribution in [0.3, 0.4) is 0 Å². The fourth-order valence-corrected chi connectivity index (χ4v) is 4.59. The van der Waals surface area contributed by atoms with E-state index in [0.717, 1.165) is 35.9 Å². The number of amides is 1. The molecule has 2 aliphatic rings. The van der Waals surface area contributed by atoms with Crippen LogP contribution in [0.25, 0.3) is 5.69 Å². The standard InChI is InChI=1S/C26H30F3N7O/c27-26(28,29)23-11-22(36(35-23)21-6-1-3-17(9-21)12-30)25(37)34-20-5-2-4-18(10-20)24(19-14-32-33-15-19)31-13-16-7-8-16/h1-6,9-11,16,19,24,31-33H,7-8,12-15,30H2,(H,34,37). The summed E-state index contributed by atoms with van der Waals surface area (Å²) in [4.78, 5) is 13.3. The van der Waals surface area contributed by atoms with E-state index >= 15 is 0 Å². The van der Waals surface area contributed by atoms with Crippen LogP contribution in [0, 0.1) is 11.8 Å². The Kier molecular flexibility index (Phi) is 7.29. The van der Waals surface area contributed by atoms with Crippen molar-refractivity contribution >= 4 is 11.6 Å². The van der Waals surface area contributed by atoms with Crippen molar-refractivity contribution in [2.45, 2.75) is 31.6 Å². The van der Waals surface area contributed by atoms with Gasteiger partial charge in [0.2, 0.25) is 0 Å². The van der Waals surface area contributed by atoms with Crippen molar-refractivity contribution in [2.24, 2.45) is 17.6 Å². The number of benzene rings is 2. The monoisotopic (exact) mass is 513 g/mol. The molecule has 2 heterocycles. The molecule has 0 bridgehead atoms. The van der Waals surface area contributed by atoms with Crippen molar-refractivity contribution in [3.05, 3.63) is 77.1 Å². The van der Waals surface area contributed by atoms with Crippen molar-refractivity contribution in [3.63, 3.8) is 0 Å². The van der Waals surface area contributed by atoms with Crippen LogP contribution in [-0.4, -0.2) is 35.3 Å². The highest BCUT2D eigenvalue weighted by Gasteiger charge is 2.36. The van der Waals surface area contributed by atoms with Crippen LogP contribution in [0.15, 0.2) is 54.6 Å². The van der Waals surface area contributed by atoms with Gasteiger partial charge in [0.25, 0.3) is 5.91 Å². The van der Waals surface area contributed by atoms with Gasteiger partial charge in [-0.15, -0.1) is 0 Å². The third kappa shape index (κ3) is 6.02. The molecule has 37 heavy (non-hydrogen) atoms. The van der Waals surface area contributed by atoms with Gasteiger partial charge in [0.05, 0.1) is 5.69 Å². The van der Waals surface area contributed by atoms with Crippen LogP contribution >= 0.6 is 0 Å². The summed E-state index contributed by atoms with van der Waals surface area (Å²) in [6.07, 6.45) is -2.23. The second-order valence-electron chi connectivity index (χ2n) is 9.63. The highest BCUT2D eigenvalue weighted by atomic mass is 19.4. The smallest absolute Gasteiger partial charge is 0.326 e. The van der Waals surface area contributed by atoms with E-state index < -0.39 is 17.8 Å². The van der Waals surface area contributed by atoms with Crippen LogP contribution in [0.2, 0.25) is 0 Å². The molecule has 8 nitrogen and oxygen atoms in total. The van der Waals surface area contributed by atoms with E-state index in [0.29, 0.717) is 28.8 Å². The van der Waals surface area contributed by atoms with Crippen molar-refractivity contribution < 1.29 is 18.0 Å². The molecule has 1 aliphatic carbocycles. The Morgan fingerprint density at radius 2 is 1.86 bits per heavy atom. The Morgan fingerprint density at radius 1 is 1.11 bits per heavy atom. The molecule has 6 N–H and O–H groups in total. The van der Waals surface area contributed by atoms with Gasteiger partial charge in [0.1, 0.15) is 5.69 Å². The Morgan fingerprint density at radius 3 is 2.57 bits per heavy atom. The predicted molar refractivity (Wildman–Crippen MR) is 134 cm³/mol. The van der Waals surface area contributed by atoms with Gasteiger partial charge >= 0.3 is 6.18 Å². The Balaban J connectivity index is 1.42. The molecule has 1 unspecified atom stereocenters. The zero-order valence-corrected chi connectivity index (χ0v) is 20.2. The first-order chi connectivity index (χ1) is 17.8. The molecular formula is C26H30F3N7O. The number of nitrogens with zero attached hydrogens (tertiary/aromatic N) is 2. The maximum absolute atomic E-state index is 13.5. The molecule has 3 aromatic rings. The lowest BCUT2D eigenvalue weighted by molar-refractivity contribution is -0.141. The molecule has 0 spiro atoms. The van der Waals surface area contributed by atoms with E-state index in [2.05, 4.69) is 26.6 Å². The number of carbonyl (C=O) groups excluding carboxylic acids is 1. The summed E-state index contributed by atoms with van der Waals surface area (Å²) in [6, 6.07) is 14.9. The van der Waals surface area contributed by atoms with Gasteiger partial charge in [-0.3, -0.25) is 15.6 Å². The Labute approximate surface area is 212 Å². The fraction of sp³-hybridized carbons (Fsp3) is 0.385. The van der Waals surface area contributed by atoms with Crippen LogP contribution < -0.4 is 27.2 Å². The summed E-state index contributed by atoms with van der Waals surface area (Å²) in [5, 5.41) is 10.1. The molecular weight excluding hydrogens is 483 g/mol. The second-order valence-corrected chi connectivity index (χ2v) is 9.63. The average Bonchev–Trinajstić information content (AvgIpc) is 3.35. The van der Waals surface area contributed by atoms with Gasteiger partial charge in [0.15, 0.2) is 5.69 Å². The van der Waals surface area contributed by atoms with E-state index in [-0.39, 0.29) is 18.3 Å². The van der Waals surface area contributed by atoms with Gasteiger partial charge in [-0.25, -0.2) is 4.68 Å². The first-order valence-corrected chi connectivity index (χ1v) is 12.4. The van der Waals surface area contributed by atoms with E-state index in [1.807, 2.05) is 18.2 Å². The van der Waals surface area contributed by atoms with E-state index in [4.69, 9.17) is 5.73 Å². The summed E-state index contributed by atoms with van der Waals surface area (Å²) in [6.45, 7) is 2.75. The number of alkyl halides is 3. The number of anilines is 1. The second kappa shape index (κ2) is 10.6. The van der Waals surface area contributed by atoms with Gasteiger partial charge < -0.3 is 16.4 Å². The van der Waals surface area contributed by atoms with E-state index in [9.17, 15) is 18.0 Å². The van der Waals surface area contributed by atoms with Crippen LogP contribution in [-0.2, 0) is 12.7 Å². The number of rotatable bonds is 9. The number of carbonyl (C=O) groups is 1. The molecule has 11 heteroatoms. The number of nitrogens with one attached hydrogen (secondary N) is 4. The van der Waals surface area contributed by atoms with E-state index in [1.165, 1.54) is 12.8 Å². The SMILES string of the molecule is NCc1cccc(-n2nc(C(F)(F)F)cc2C(=O)Nc2cccc(C(NCC3CC3)C3CNNC3)c2)c1. The van der Waals surface area contributed by atoms with Crippen LogP contribution in [0.1, 0.15) is 46.2 Å². The first kappa shape index (κ1) is 25.4. The number of nitrogens with two attached hydrogens (primary N) is 1. The lowest BCUT2D eigenvalue weighted by Crippen LogP contribution is -2.32. The van der Waals surface area contributed by atoms with Crippen molar-refractivity contribution in [2.75, 3.05) is 25.0 Å². The number of hydrazine groups is 1. The highest BCUT2D eigenvalue weighted by Crippen LogP contribution is 2.32. The fourth-order valence-electron chi connectivity index (χ4n) is 4.59. The number of halogens is 3. The topological polar surface area (TPSA) is 109 Å². The molecule has 1 amide bonds. The largest absolute Gasteiger partial charge is 0.435 e. The molecule has 1 aromatic heterocycles. The van der Waals surface area contributed by atoms with Crippen molar-refractivity contribution in [3.8, 4) is 5.69 Å². The quantitative estimate of drug-likeness (QED) is 0.300. The van der Waals surface area contributed by atoms with Crippen molar-refractivity contribution in [1.82, 2.24) is 25.9 Å². The number of aromatic nitrogens is 2. The third-order valence-corrected chi connectivity index (χ3v) is 6.78. The summed E-state index contributed by atoms with van der Waals surface area (Å²) < 4.78 is 41.5. The molecule has 1 atom stereocenters.